The predicted molar refractivity (Wildman–Crippen MR) is 85.4 cm³/mol. The zero-order valence-electron chi connectivity index (χ0n) is 12.3. The molecule has 4 heteroatoms. The lowest BCUT2D eigenvalue weighted by atomic mass is 10.2. The predicted octanol–water partition coefficient (Wildman–Crippen LogP) is 3.15. The highest BCUT2D eigenvalue weighted by Crippen LogP contribution is 2.22. The van der Waals surface area contributed by atoms with Crippen molar-refractivity contribution in [1.29, 1.82) is 0 Å². The van der Waals surface area contributed by atoms with Crippen molar-refractivity contribution in [2.75, 3.05) is 27.7 Å². The Balaban J connectivity index is 1.87. The molecule has 20 heavy (non-hydrogen) atoms. The smallest absolute Gasteiger partial charge is 0.118 e. The van der Waals surface area contributed by atoms with Crippen LogP contribution in [0.4, 0.5) is 0 Å². The van der Waals surface area contributed by atoms with Crippen molar-refractivity contribution >= 4 is 11.3 Å². The number of likely N-dealkylation sites (N-methyl/N-ethyl adjacent to an activating group) is 1. The number of rotatable bonds is 7. The highest BCUT2D eigenvalue weighted by molar-refractivity contribution is 7.10. The van der Waals surface area contributed by atoms with Crippen molar-refractivity contribution in [3.8, 4) is 5.75 Å². The normalized spacial score (nSPS) is 12.6. The second kappa shape index (κ2) is 7.43. The van der Waals surface area contributed by atoms with Crippen molar-refractivity contribution in [2.45, 2.75) is 12.6 Å². The zero-order chi connectivity index (χ0) is 14.4. The zero-order valence-corrected chi connectivity index (χ0v) is 13.1. The van der Waals surface area contributed by atoms with Gasteiger partial charge in [-0.25, -0.2) is 0 Å². The van der Waals surface area contributed by atoms with Crippen LogP contribution in [0.5, 0.6) is 5.75 Å². The molecule has 1 aromatic carbocycles. The number of hydrogen-bond donors (Lipinski definition) is 1. The van der Waals surface area contributed by atoms with Gasteiger partial charge in [-0.1, -0.05) is 18.2 Å². The molecular formula is C16H22N2OS. The van der Waals surface area contributed by atoms with E-state index in [4.69, 9.17) is 4.74 Å². The summed E-state index contributed by atoms with van der Waals surface area (Å²) >= 11 is 1.81. The maximum atomic E-state index is 5.17. The summed E-state index contributed by atoms with van der Waals surface area (Å²) in [6, 6.07) is 12.9. The molecule has 0 aliphatic heterocycles. The van der Waals surface area contributed by atoms with Crippen LogP contribution in [0.15, 0.2) is 41.8 Å². The maximum absolute atomic E-state index is 5.17. The van der Waals surface area contributed by atoms with Gasteiger partial charge in [0.2, 0.25) is 0 Å². The van der Waals surface area contributed by atoms with Gasteiger partial charge in [-0.3, -0.25) is 0 Å². The van der Waals surface area contributed by atoms with Gasteiger partial charge in [-0.2, -0.15) is 0 Å². The lowest BCUT2D eigenvalue weighted by molar-refractivity contribution is 0.292. The fourth-order valence-corrected chi connectivity index (χ4v) is 3.04. The van der Waals surface area contributed by atoms with Crippen molar-refractivity contribution in [2.24, 2.45) is 0 Å². The van der Waals surface area contributed by atoms with Crippen LogP contribution in [0.3, 0.4) is 0 Å². The molecule has 0 spiro atoms. The maximum Gasteiger partial charge on any atom is 0.118 e. The van der Waals surface area contributed by atoms with Crippen LogP contribution < -0.4 is 10.1 Å². The molecule has 1 atom stereocenters. The van der Waals surface area contributed by atoms with E-state index in [0.29, 0.717) is 6.04 Å². The number of thiophene rings is 1. The number of benzene rings is 1. The molecule has 0 saturated carbocycles. The van der Waals surface area contributed by atoms with E-state index in [0.717, 1.165) is 18.8 Å². The minimum atomic E-state index is 0.424. The Labute approximate surface area is 125 Å². The number of hydrogen-bond acceptors (Lipinski definition) is 4. The Morgan fingerprint density at radius 1 is 1.20 bits per heavy atom. The monoisotopic (exact) mass is 290 g/mol. The number of nitrogens with zero attached hydrogens (tertiary/aromatic N) is 1. The lowest BCUT2D eigenvalue weighted by Crippen LogP contribution is -2.30. The van der Waals surface area contributed by atoms with E-state index >= 15 is 0 Å². The van der Waals surface area contributed by atoms with Crippen LogP contribution in [-0.4, -0.2) is 32.6 Å². The van der Waals surface area contributed by atoms with E-state index in [1.165, 1.54) is 10.4 Å². The molecule has 0 fully saturated rings. The topological polar surface area (TPSA) is 24.5 Å². The molecule has 0 saturated heterocycles. The van der Waals surface area contributed by atoms with E-state index in [1.807, 2.05) is 23.5 Å². The average molecular weight is 290 g/mol. The van der Waals surface area contributed by atoms with Gasteiger partial charge in [0.25, 0.3) is 0 Å². The van der Waals surface area contributed by atoms with E-state index in [1.54, 1.807) is 7.11 Å². The first kappa shape index (κ1) is 15.0. The minimum Gasteiger partial charge on any atom is -0.497 e. The van der Waals surface area contributed by atoms with Crippen LogP contribution in [0.1, 0.15) is 16.5 Å². The third-order valence-electron chi connectivity index (χ3n) is 3.32. The molecule has 108 valence electrons. The molecular weight excluding hydrogens is 268 g/mol. The summed E-state index contributed by atoms with van der Waals surface area (Å²) in [5.41, 5.74) is 1.27. The Morgan fingerprint density at radius 3 is 2.50 bits per heavy atom. The molecule has 2 rings (SSSR count). The van der Waals surface area contributed by atoms with Gasteiger partial charge >= 0.3 is 0 Å². The van der Waals surface area contributed by atoms with Crippen molar-refractivity contribution in [1.82, 2.24) is 10.2 Å². The quantitative estimate of drug-likeness (QED) is 0.848. The highest BCUT2D eigenvalue weighted by Gasteiger charge is 2.14. The summed E-state index contributed by atoms with van der Waals surface area (Å²) in [4.78, 5) is 3.66. The van der Waals surface area contributed by atoms with Gasteiger partial charge in [0, 0.05) is 18.0 Å². The van der Waals surface area contributed by atoms with Crippen LogP contribution in [0.2, 0.25) is 0 Å². The number of ether oxygens (including phenoxy) is 1. The summed E-state index contributed by atoms with van der Waals surface area (Å²) in [5, 5.41) is 5.67. The van der Waals surface area contributed by atoms with Gasteiger partial charge in [-0.15, -0.1) is 11.3 Å². The summed E-state index contributed by atoms with van der Waals surface area (Å²) in [7, 11) is 5.94. The molecule has 1 unspecified atom stereocenters. The van der Waals surface area contributed by atoms with Crippen molar-refractivity contribution in [3.05, 3.63) is 52.2 Å². The molecule has 0 radical (unpaired) electrons. The van der Waals surface area contributed by atoms with E-state index in [9.17, 15) is 0 Å². The molecule has 3 nitrogen and oxygen atoms in total. The first-order valence-electron chi connectivity index (χ1n) is 6.74. The fraction of sp³-hybridized carbons (Fsp3) is 0.375. The largest absolute Gasteiger partial charge is 0.497 e. The molecule has 0 aliphatic rings. The SMILES string of the molecule is COc1ccc(CNCC(c2cccs2)N(C)C)cc1. The van der Waals surface area contributed by atoms with E-state index in [2.05, 4.69) is 54.0 Å². The fourth-order valence-electron chi connectivity index (χ4n) is 2.12. The van der Waals surface area contributed by atoms with Gasteiger partial charge in [0.05, 0.1) is 13.2 Å². The summed E-state index contributed by atoms with van der Waals surface area (Å²) in [5.74, 6) is 0.901. The average Bonchev–Trinajstić information content (AvgIpc) is 2.97. The Kier molecular flexibility index (Phi) is 5.59. The first-order chi connectivity index (χ1) is 9.70. The van der Waals surface area contributed by atoms with Gasteiger partial charge < -0.3 is 15.0 Å². The van der Waals surface area contributed by atoms with Gasteiger partial charge in [0.15, 0.2) is 0 Å². The molecule has 0 amide bonds. The molecule has 0 aliphatic carbocycles. The van der Waals surface area contributed by atoms with Crippen molar-refractivity contribution in [3.63, 3.8) is 0 Å². The van der Waals surface area contributed by atoms with Crippen LogP contribution in [0, 0.1) is 0 Å². The van der Waals surface area contributed by atoms with Crippen molar-refractivity contribution < 1.29 is 4.74 Å². The second-order valence-corrected chi connectivity index (χ2v) is 5.95. The highest BCUT2D eigenvalue weighted by atomic mass is 32.1. The number of nitrogens with one attached hydrogen (secondary N) is 1. The molecule has 1 aromatic heterocycles. The summed E-state index contributed by atoms with van der Waals surface area (Å²) in [6.07, 6.45) is 0. The van der Waals surface area contributed by atoms with Crippen LogP contribution in [0.25, 0.3) is 0 Å². The lowest BCUT2D eigenvalue weighted by Gasteiger charge is -2.23. The third kappa shape index (κ3) is 4.07. The Hall–Kier alpha value is -1.36. The first-order valence-corrected chi connectivity index (χ1v) is 7.62. The number of methoxy groups -OCH3 is 1. The summed E-state index contributed by atoms with van der Waals surface area (Å²) in [6.45, 7) is 1.82. The van der Waals surface area contributed by atoms with Gasteiger partial charge in [0.1, 0.15) is 5.75 Å². The third-order valence-corrected chi connectivity index (χ3v) is 4.29. The van der Waals surface area contributed by atoms with Crippen LogP contribution in [-0.2, 0) is 6.54 Å². The van der Waals surface area contributed by atoms with E-state index < -0.39 is 0 Å². The molecule has 1 N–H and O–H groups in total. The van der Waals surface area contributed by atoms with Gasteiger partial charge in [-0.05, 0) is 43.2 Å². The Bertz CT molecular complexity index is 494. The molecule has 0 bridgehead atoms. The Morgan fingerprint density at radius 2 is 1.95 bits per heavy atom. The molecule has 1 heterocycles. The molecule has 2 aromatic rings. The summed E-state index contributed by atoms with van der Waals surface area (Å²) < 4.78 is 5.17. The standard InChI is InChI=1S/C16H22N2OS/c1-18(2)15(16-5-4-10-20-16)12-17-11-13-6-8-14(19-3)9-7-13/h4-10,15,17H,11-12H2,1-3H3. The van der Waals surface area contributed by atoms with Crippen LogP contribution >= 0.6 is 11.3 Å². The van der Waals surface area contributed by atoms with E-state index in [-0.39, 0.29) is 0 Å². The minimum absolute atomic E-state index is 0.424. The second-order valence-electron chi connectivity index (χ2n) is 4.97.